The Morgan fingerprint density at radius 3 is 1.83 bits per heavy atom. The molecule has 3 nitrogen and oxygen atoms in total. The molecule has 4 fully saturated rings. The van der Waals surface area contributed by atoms with Gasteiger partial charge in [0.1, 0.15) is 6.73 Å². The predicted molar refractivity (Wildman–Crippen MR) is 170 cm³/mol. The van der Waals surface area contributed by atoms with Crippen LogP contribution in [0.5, 0.6) is 0 Å². The summed E-state index contributed by atoms with van der Waals surface area (Å²) in [6.45, 7) is 17.2. The fourth-order valence-electron chi connectivity index (χ4n) is 8.50. The molecule has 0 radical (unpaired) electrons. The van der Waals surface area contributed by atoms with Crippen LogP contribution in [0.2, 0.25) is 0 Å². The van der Waals surface area contributed by atoms with Crippen LogP contribution in [0.3, 0.4) is 0 Å². The first kappa shape index (κ1) is 29.2. The van der Waals surface area contributed by atoms with E-state index < -0.39 is 0 Å². The molecule has 0 amide bonds. The second-order valence-electron chi connectivity index (χ2n) is 16.2. The van der Waals surface area contributed by atoms with Gasteiger partial charge in [-0.3, -0.25) is 0 Å². The molecule has 4 aliphatic rings. The van der Waals surface area contributed by atoms with Crippen molar-refractivity contribution in [2.24, 2.45) is 34.5 Å². The molecule has 224 valence electrons. The van der Waals surface area contributed by atoms with Gasteiger partial charge in [0.2, 0.25) is 0 Å². The van der Waals surface area contributed by atoms with Gasteiger partial charge >= 0.3 is 0 Å². The minimum Gasteiger partial charge on any atom is -0.377 e. The Hall–Kier alpha value is -1.84. The maximum Gasteiger partial charge on any atom is 0.119 e. The molecule has 2 aromatic carbocycles. The molecule has 2 aliphatic heterocycles. The highest BCUT2D eigenvalue weighted by Crippen LogP contribution is 2.47. The number of rotatable bonds is 4. The standard InChI is InChI=1S/C38H55NO2/c1-37(2,3)32-13-17-35-29(21-32)20-31(24-40-35)28-11-7-26(8-12-28)19-27-9-15-34(16-10-27)39-23-30-22-33(38(4,5)6)14-18-36(30)41-25-39/h7-12,15-16,29-33,35-36H,13-14,17-25H2,1-6H3. The molecular formula is C38H55NO2. The summed E-state index contributed by atoms with van der Waals surface area (Å²) in [5.41, 5.74) is 6.33. The Kier molecular flexibility index (Phi) is 8.33. The van der Waals surface area contributed by atoms with Gasteiger partial charge in [0.25, 0.3) is 0 Å². The third-order valence-corrected chi connectivity index (χ3v) is 11.4. The zero-order chi connectivity index (χ0) is 28.8. The minimum atomic E-state index is 0.394. The topological polar surface area (TPSA) is 21.7 Å². The number of fused-ring (bicyclic) bond motifs is 2. The molecule has 2 heterocycles. The van der Waals surface area contributed by atoms with Crippen molar-refractivity contribution in [2.75, 3.05) is 24.8 Å². The SMILES string of the molecule is CC(C)(C)C1CCC2OCC(c3ccc(Cc4ccc(N5COC6CCC(C(C)(C)C)CC6C5)cc4)cc3)CC2C1. The Labute approximate surface area is 250 Å². The molecule has 0 N–H and O–H groups in total. The highest BCUT2D eigenvalue weighted by atomic mass is 16.5. The molecule has 0 bridgehead atoms. The summed E-state index contributed by atoms with van der Waals surface area (Å²) >= 11 is 0. The second kappa shape index (κ2) is 11.7. The summed E-state index contributed by atoms with van der Waals surface area (Å²) in [4.78, 5) is 2.46. The van der Waals surface area contributed by atoms with Crippen LogP contribution in [0, 0.1) is 34.5 Å². The molecular weight excluding hydrogens is 502 g/mol. The third kappa shape index (κ3) is 6.72. The van der Waals surface area contributed by atoms with Gasteiger partial charge in [-0.05, 0) is 109 Å². The molecule has 3 heteroatoms. The van der Waals surface area contributed by atoms with E-state index in [4.69, 9.17) is 9.47 Å². The Balaban J connectivity index is 1.03. The third-order valence-electron chi connectivity index (χ3n) is 11.4. The fraction of sp³-hybridized carbons (Fsp3) is 0.684. The van der Waals surface area contributed by atoms with Crippen LogP contribution in [0.15, 0.2) is 48.5 Å². The molecule has 7 atom stereocenters. The van der Waals surface area contributed by atoms with E-state index in [9.17, 15) is 0 Å². The van der Waals surface area contributed by atoms with Gasteiger partial charge in [0, 0.05) is 24.1 Å². The number of hydrogen-bond acceptors (Lipinski definition) is 3. The van der Waals surface area contributed by atoms with E-state index in [0.717, 1.165) is 44.1 Å². The van der Waals surface area contributed by atoms with E-state index >= 15 is 0 Å². The quantitative estimate of drug-likeness (QED) is 0.374. The van der Waals surface area contributed by atoms with E-state index in [1.807, 2.05) is 0 Å². The lowest BCUT2D eigenvalue weighted by Crippen LogP contribution is -2.49. The van der Waals surface area contributed by atoms with Crippen LogP contribution in [-0.2, 0) is 15.9 Å². The molecule has 0 aromatic heterocycles. The second-order valence-corrected chi connectivity index (χ2v) is 16.2. The number of ether oxygens (including phenoxy) is 2. The van der Waals surface area contributed by atoms with Crippen LogP contribution in [-0.4, -0.2) is 32.1 Å². The van der Waals surface area contributed by atoms with Crippen molar-refractivity contribution in [3.05, 3.63) is 65.2 Å². The number of anilines is 1. The number of hydrogen-bond donors (Lipinski definition) is 0. The van der Waals surface area contributed by atoms with Gasteiger partial charge < -0.3 is 14.4 Å². The molecule has 2 saturated carbocycles. The highest BCUT2D eigenvalue weighted by Gasteiger charge is 2.41. The van der Waals surface area contributed by atoms with Gasteiger partial charge in [-0.25, -0.2) is 0 Å². The predicted octanol–water partition coefficient (Wildman–Crippen LogP) is 9.24. The lowest BCUT2D eigenvalue weighted by Gasteiger charge is -2.47. The summed E-state index contributed by atoms with van der Waals surface area (Å²) in [6.07, 6.45) is 11.0. The molecule has 6 rings (SSSR count). The molecule has 2 aliphatic carbocycles. The van der Waals surface area contributed by atoms with E-state index in [0.29, 0.717) is 34.9 Å². The number of nitrogens with zero attached hydrogens (tertiary/aromatic N) is 1. The summed E-state index contributed by atoms with van der Waals surface area (Å²) < 4.78 is 12.8. The van der Waals surface area contributed by atoms with Crippen LogP contribution in [0.1, 0.15) is 109 Å². The zero-order valence-electron chi connectivity index (χ0n) is 26.7. The maximum atomic E-state index is 6.43. The summed E-state index contributed by atoms with van der Waals surface area (Å²) in [5.74, 6) is 3.54. The average Bonchev–Trinajstić information content (AvgIpc) is 2.96. The molecule has 7 unspecified atom stereocenters. The van der Waals surface area contributed by atoms with Crippen molar-refractivity contribution < 1.29 is 9.47 Å². The van der Waals surface area contributed by atoms with Gasteiger partial charge in [-0.2, -0.15) is 0 Å². The van der Waals surface area contributed by atoms with Crippen molar-refractivity contribution in [2.45, 2.75) is 111 Å². The maximum absolute atomic E-state index is 6.43. The largest absolute Gasteiger partial charge is 0.377 e. The van der Waals surface area contributed by atoms with Crippen LogP contribution >= 0.6 is 0 Å². The lowest BCUT2D eigenvalue weighted by atomic mass is 9.65. The first-order valence-electron chi connectivity index (χ1n) is 16.7. The van der Waals surface area contributed by atoms with Crippen molar-refractivity contribution in [1.29, 1.82) is 0 Å². The van der Waals surface area contributed by atoms with E-state index in [1.54, 1.807) is 0 Å². The van der Waals surface area contributed by atoms with Crippen LogP contribution in [0.4, 0.5) is 5.69 Å². The monoisotopic (exact) mass is 557 g/mol. The lowest BCUT2D eigenvalue weighted by molar-refractivity contribution is -0.0785. The first-order valence-corrected chi connectivity index (χ1v) is 16.7. The van der Waals surface area contributed by atoms with E-state index in [1.165, 1.54) is 67.3 Å². The summed E-state index contributed by atoms with van der Waals surface area (Å²) in [7, 11) is 0. The van der Waals surface area contributed by atoms with Crippen LogP contribution < -0.4 is 4.90 Å². The Morgan fingerprint density at radius 2 is 1.22 bits per heavy atom. The van der Waals surface area contributed by atoms with Crippen molar-refractivity contribution in [3.8, 4) is 0 Å². The van der Waals surface area contributed by atoms with Gasteiger partial charge in [0.15, 0.2) is 0 Å². The van der Waals surface area contributed by atoms with E-state index in [-0.39, 0.29) is 0 Å². The first-order chi connectivity index (χ1) is 19.5. The molecule has 2 saturated heterocycles. The zero-order valence-corrected chi connectivity index (χ0v) is 26.7. The normalized spacial score (nSPS) is 32.7. The van der Waals surface area contributed by atoms with Gasteiger partial charge in [-0.1, -0.05) is 77.9 Å². The smallest absolute Gasteiger partial charge is 0.119 e. The molecule has 2 aromatic rings. The molecule has 0 spiro atoms. The Morgan fingerprint density at radius 1 is 0.659 bits per heavy atom. The van der Waals surface area contributed by atoms with Gasteiger partial charge in [0.05, 0.1) is 18.8 Å². The summed E-state index contributed by atoms with van der Waals surface area (Å²) in [5, 5.41) is 0. The van der Waals surface area contributed by atoms with Crippen molar-refractivity contribution in [1.82, 2.24) is 0 Å². The number of benzene rings is 2. The minimum absolute atomic E-state index is 0.394. The van der Waals surface area contributed by atoms with Gasteiger partial charge in [-0.15, -0.1) is 0 Å². The average molecular weight is 558 g/mol. The fourth-order valence-corrected chi connectivity index (χ4v) is 8.50. The van der Waals surface area contributed by atoms with E-state index in [2.05, 4.69) is 95.0 Å². The molecule has 41 heavy (non-hydrogen) atoms. The van der Waals surface area contributed by atoms with Crippen LogP contribution in [0.25, 0.3) is 0 Å². The highest BCUT2D eigenvalue weighted by molar-refractivity contribution is 5.48. The Bertz CT molecular complexity index is 1050. The van der Waals surface area contributed by atoms with Crippen molar-refractivity contribution in [3.63, 3.8) is 0 Å². The summed E-state index contributed by atoms with van der Waals surface area (Å²) in [6, 6.07) is 18.7. The van der Waals surface area contributed by atoms with Crippen molar-refractivity contribution >= 4 is 5.69 Å².